The summed E-state index contributed by atoms with van der Waals surface area (Å²) < 4.78 is 37.2. The lowest BCUT2D eigenvalue weighted by molar-refractivity contribution is -0.127. The number of hydrogen-bond acceptors (Lipinski definition) is 14. The van der Waals surface area contributed by atoms with Crippen LogP contribution in [0.25, 0.3) is 0 Å². The Labute approximate surface area is 292 Å². The number of carbonyl (C=O) groups is 3. The highest BCUT2D eigenvalue weighted by molar-refractivity contribution is 6.13. The molecule has 0 spiro atoms. The SMILES string of the molecule is COc1ccc(F)cc1C(=O)c1cnc(N[C@@H]2CCN(C(C)=O)C2)nc1N.COc1ccc(F)cc1C(=O)c1cnc(N[C@@H]2CCNC2)nc1N. The molecule has 2 aromatic heterocycles. The third kappa shape index (κ3) is 8.80. The van der Waals surface area contributed by atoms with Crippen LogP contribution >= 0.6 is 0 Å². The zero-order valence-electron chi connectivity index (χ0n) is 28.2. The maximum absolute atomic E-state index is 13.5. The largest absolute Gasteiger partial charge is 0.496 e. The molecule has 2 fully saturated rings. The van der Waals surface area contributed by atoms with Gasteiger partial charge in [0.2, 0.25) is 29.4 Å². The van der Waals surface area contributed by atoms with Gasteiger partial charge in [-0.15, -0.1) is 0 Å². The van der Waals surface area contributed by atoms with E-state index in [0.29, 0.717) is 19.0 Å². The summed E-state index contributed by atoms with van der Waals surface area (Å²) in [6.45, 7) is 4.50. The van der Waals surface area contributed by atoms with Crippen molar-refractivity contribution in [1.82, 2.24) is 30.2 Å². The molecule has 1 amide bonds. The molecule has 2 atom stereocenters. The Balaban J connectivity index is 0.000000199. The summed E-state index contributed by atoms with van der Waals surface area (Å²) in [6, 6.07) is 7.62. The molecule has 51 heavy (non-hydrogen) atoms. The van der Waals surface area contributed by atoms with Crippen LogP contribution in [0, 0.1) is 11.6 Å². The number of nitrogens with zero attached hydrogens (tertiary/aromatic N) is 5. The van der Waals surface area contributed by atoms with Crippen LogP contribution in [0.1, 0.15) is 51.6 Å². The Morgan fingerprint density at radius 1 is 0.804 bits per heavy atom. The van der Waals surface area contributed by atoms with Crippen LogP contribution in [0.4, 0.5) is 32.3 Å². The van der Waals surface area contributed by atoms with E-state index in [-0.39, 0.29) is 69.3 Å². The van der Waals surface area contributed by atoms with E-state index in [2.05, 4.69) is 35.9 Å². The van der Waals surface area contributed by atoms with Crippen molar-refractivity contribution in [2.75, 3.05) is 62.5 Å². The van der Waals surface area contributed by atoms with Crippen LogP contribution in [-0.4, -0.2) is 94.8 Å². The van der Waals surface area contributed by atoms with Gasteiger partial charge in [0.05, 0.1) is 36.5 Å². The molecule has 2 aliphatic rings. The number of ketones is 2. The second-order valence-corrected chi connectivity index (χ2v) is 11.8. The fourth-order valence-corrected chi connectivity index (χ4v) is 5.59. The van der Waals surface area contributed by atoms with Gasteiger partial charge < -0.3 is 41.8 Å². The van der Waals surface area contributed by atoms with Crippen molar-refractivity contribution < 1.29 is 32.6 Å². The molecule has 268 valence electrons. The van der Waals surface area contributed by atoms with E-state index >= 15 is 0 Å². The minimum Gasteiger partial charge on any atom is -0.496 e. The van der Waals surface area contributed by atoms with Gasteiger partial charge in [-0.1, -0.05) is 0 Å². The number of benzene rings is 2. The normalized spacial score (nSPS) is 16.5. The van der Waals surface area contributed by atoms with Gasteiger partial charge in [-0.05, 0) is 55.8 Å². The molecule has 0 bridgehead atoms. The summed E-state index contributed by atoms with van der Waals surface area (Å²) in [5.74, 6) is -0.951. The second kappa shape index (κ2) is 16.2. The van der Waals surface area contributed by atoms with E-state index in [1.165, 1.54) is 57.8 Å². The molecular formula is C34H38F2N10O5. The quantitative estimate of drug-likeness (QED) is 0.150. The van der Waals surface area contributed by atoms with Crippen molar-refractivity contribution in [2.24, 2.45) is 0 Å². The van der Waals surface area contributed by atoms with Crippen molar-refractivity contribution in [1.29, 1.82) is 0 Å². The standard InChI is InChI=1S/C18H20FN5O3.C16H18FN5O2/c1-10(25)24-6-5-12(9-24)22-18-21-8-14(17(20)23-18)16(26)13-7-11(19)3-4-15(13)27-2;1-24-13-3-2-9(17)6-11(13)14(23)12-8-20-16(22-15(12)18)21-10-4-5-19-7-10/h3-4,7-8,12H,5-6,9H2,1-2H3,(H3,20,21,22,23);2-3,6,8,10,19H,4-5,7H2,1H3,(H3,18,20,21,22)/t12-;10-/m11/s1. The maximum Gasteiger partial charge on any atom is 0.224 e. The van der Waals surface area contributed by atoms with Crippen LogP contribution in [0.3, 0.4) is 0 Å². The molecule has 4 heterocycles. The van der Waals surface area contributed by atoms with Crippen molar-refractivity contribution in [3.8, 4) is 11.5 Å². The van der Waals surface area contributed by atoms with E-state index < -0.39 is 23.2 Å². The summed E-state index contributed by atoms with van der Waals surface area (Å²) in [6.07, 6.45) is 4.38. The molecule has 7 N–H and O–H groups in total. The lowest BCUT2D eigenvalue weighted by atomic mass is 10.0. The molecular weight excluding hydrogens is 666 g/mol. The Bertz CT molecular complexity index is 1920. The number of nitrogens with two attached hydrogens (primary N) is 2. The number of ether oxygens (including phenoxy) is 2. The predicted octanol–water partition coefficient (Wildman–Crippen LogP) is 2.68. The molecule has 0 radical (unpaired) electrons. The van der Waals surface area contributed by atoms with E-state index in [0.717, 1.165) is 38.1 Å². The summed E-state index contributed by atoms with van der Waals surface area (Å²) in [7, 11) is 2.80. The monoisotopic (exact) mass is 704 g/mol. The molecule has 2 saturated heterocycles. The van der Waals surface area contributed by atoms with Crippen LogP contribution in [0.15, 0.2) is 48.8 Å². The number of rotatable bonds is 10. The highest BCUT2D eigenvalue weighted by Crippen LogP contribution is 2.26. The van der Waals surface area contributed by atoms with Gasteiger partial charge in [0, 0.05) is 51.0 Å². The van der Waals surface area contributed by atoms with Crippen molar-refractivity contribution >= 4 is 41.0 Å². The highest BCUT2D eigenvalue weighted by atomic mass is 19.1. The number of hydrogen-bond donors (Lipinski definition) is 5. The molecule has 2 aromatic carbocycles. The Morgan fingerprint density at radius 2 is 1.31 bits per heavy atom. The highest BCUT2D eigenvalue weighted by Gasteiger charge is 2.26. The van der Waals surface area contributed by atoms with Crippen molar-refractivity contribution in [3.63, 3.8) is 0 Å². The first-order valence-electron chi connectivity index (χ1n) is 16.0. The topological polar surface area (TPSA) is 213 Å². The first kappa shape index (κ1) is 36.3. The Morgan fingerprint density at radius 3 is 1.73 bits per heavy atom. The Hall–Kier alpha value is -5.97. The van der Waals surface area contributed by atoms with E-state index in [4.69, 9.17) is 20.9 Å². The number of methoxy groups -OCH3 is 2. The van der Waals surface area contributed by atoms with Crippen LogP contribution in [0.2, 0.25) is 0 Å². The van der Waals surface area contributed by atoms with Gasteiger partial charge in [-0.25, -0.2) is 18.7 Å². The number of aromatic nitrogens is 4. The number of carbonyl (C=O) groups excluding carboxylic acids is 3. The first-order valence-corrected chi connectivity index (χ1v) is 16.0. The van der Waals surface area contributed by atoms with Crippen LogP contribution in [0.5, 0.6) is 11.5 Å². The van der Waals surface area contributed by atoms with Gasteiger partial charge in [0.1, 0.15) is 34.8 Å². The van der Waals surface area contributed by atoms with Crippen molar-refractivity contribution in [3.05, 3.63) is 82.7 Å². The summed E-state index contributed by atoms with van der Waals surface area (Å²) in [5.41, 5.74) is 12.1. The molecule has 4 aromatic rings. The third-order valence-electron chi connectivity index (χ3n) is 8.30. The predicted molar refractivity (Wildman–Crippen MR) is 185 cm³/mol. The number of anilines is 4. The molecule has 2 aliphatic heterocycles. The molecule has 15 nitrogen and oxygen atoms in total. The third-order valence-corrected chi connectivity index (χ3v) is 8.30. The van der Waals surface area contributed by atoms with Gasteiger partial charge in [-0.3, -0.25) is 14.4 Å². The molecule has 0 saturated carbocycles. The van der Waals surface area contributed by atoms with Gasteiger partial charge >= 0.3 is 0 Å². The zero-order chi connectivity index (χ0) is 36.7. The molecule has 0 unspecified atom stereocenters. The van der Waals surface area contributed by atoms with Gasteiger partial charge in [0.15, 0.2) is 0 Å². The van der Waals surface area contributed by atoms with Crippen molar-refractivity contribution in [2.45, 2.75) is 31.8 Å². The fourth-order valence-electron chi connectivity index (χ4n) is 5.59. The maximum atomic E-state index is 13.5. The average Bonchev–Trinajstić information content (AvgIpc) is 3.81. The van der Waals surface area contributed by atoms with Gasteiger partial charge in [-0.2, -0.15) is 9.97 Å². The van der Waals surface area contributed by atoms with E-state index in [1.807, 2.05) is 0 Å². The number of halogens is 2. The Kier molecular flexibility index (Phi) is 11.5. The summed E-state index contributed by atoms with van der Waals surface area (Å²) in [5, 5.41) is 9.49. The van der Waals surface area contributed by atoms with E-state index in [1.54, 1.807) is 4.90 Å². The lowest BCUT2D eigenvalue weighted by Crippen LogP contribution is -2.30. The van der Waals surface area contributed by atoms with E-state index in [9.17, 15) is 23.2 Å². The minimum atomic E-state index is -0.562. The zero-order valence-corrected chi connectivity index (χ0v) is 28.2. The molecule has 6 rings (SSSR count). The summed E-state index contributed by atoms with van der Waals surface area (Å²) >= 11 is 0. The number of nitrogen functional groups attached to an aromatic ring is 2. The molecule has 0 aliphatic carbocycles. The smallest absolute Gasteiger partial charge is 0.224 e. The fraction of sp³-hybridized carbons (Fsp3) is 0.324. The first-order chi connectivity index (χ1) is 24.5. The summed E-state index contributed by atoms with van der Waals surface area (Å²) in [4.78, 5) is 55.0. The molecule has 17 heteroatoms. The number of amides is 1. The van der Waals surface area contributed by atoms with Crippen LogP contribution < -0.4 is 36.9 Å². The lowest BCUT2D eigenvalue weighted by Gasteiger charge is -2.15. The second-order valence-electron chi connectivity index (χ2n) is 11.8. The van der Waals surface area contributed by atoms with Gasteiger partial charge in [0.25, 0.3) is 0 Å². The minimum absolute atomic E-state index is 0.0122. The number of nitrogens with one attached hydrogen (secondary N) is 3. The number of likely N-dealkylation sites (tertiary alicyclic amines) is 1. The average molecular weight is 705 g/mol. The van der Waals surface area contributed by atoms with Crippen LogP contribution in [-0.2, 0) is 4.79 Å².